The Balaban J connectivity index is 1.63. The van der Waals surface area contributed by atoms with Gasteiger partial charge < -0.3 is 14.6 Å². The normalized spacial score (nSPS) is 57.0. The second-order valence-corrected chi connectivity index (χ2v) is 10.2. The first kappa shape index (κ1) is 15.6. The van der Waals surface area contributed by atoms with Gasteiger partial charge in [-0.15, -0.1) is 0 Å². The quantitative estimate of drug-likeness (QED) is 0.591. The molecule has 24 heavy (non-hydrogen) atoms. The number of carbonyl (C=O) groups is 1. The second kappa shape index (κ2) is 4.03. The number of esters is 1. The summed E-state index contributed by atoms with van der Waals surface area (Å²) in [5.74, 6) is 0.665. The van der Waals surface area contributed by atoms with E-state index in [1.807, 2.05) is 0 Å². The van der Waals surface area contributed by atoms with Gasteiger partial charge in [-0.2, -0.15) is 0 Å². The SMILES string of the molecule is CC(C)[C@]12CC[C@@]34OC(=O)[C@@]35CCCC(C)(C)[C@@H]5CC[C@]4(O)[C@H]1O2. The van der Waals surface area contributed by atoms with E-state index in [0.29, 0.717) is 18.3 Å². The molecule has 0 aromatic heterocycles. The zero-order chi connectivity index (χ0) is 17.2. The first-order valence-corrected chi connectivity index (χ1v) is 9.80. The van der Waals surface area contributed by atoms with E-state index >= 15 is 0 Å². The summed E-state index contributed by atoms with van der Waals surface area (Å²) in [6.45, 7) is 8.97. The number of carbonyl (C=O) groups excluding carboxylic acids is 1. The molecule has 2 aliphatic heterocycles. The van der Waals surface area contributed by atoms with E-state index in [-0.39, 0.29) is 23.1 Å². The Bertz CT molecular complexity index is 627. The lowest BCUT2D eigenvalue weighted by atomic mass is 9.37. The fourth-order valence-corrected chi connectivity index (χ4v) is 7.51. The third-order valence-corrected chi connectivity index (χ3v) is 8.80. The Labute approximate surface area is 144 Å². The molecular weight excluding hydrogens is 304 g/mol. The number of rotatable bonds is 1. The van der Waals surface area contributed by atoms with Gasteiger partial charge in [0.15, 0.2) is 5.60 Å². The lowest BCUT2D eigenvalue weighted by Gasteiger charge is -2.72. The molecule has 3 saturated carbocycles. The fourth-order valence-electron chi connectivity index (χ4n) is 7.51. The molecule has 5 rings (SSSR count). The highest BCUT2D eigenvalue weighted by Gasteiger charge is 2.89. The van der Waals surface area contributed by atoms with E-state index in [1.165, 1.54) is 0 Å². The fraction of sp³-hybridized carbons (Fsp3) is 0.950. The molecule has 134 valence electrons. The summed E-state index contributed by atoms with van der Waals surface area (Å²) in [6.07, 6.45) is 6.22. The van der Waals surface area contributed by atoms with Crippen molar-refractivity contribution in [3.8, 4) is 0 Å². The molecule has 4 nitrogen and oxygen atoms in total. The Morgan fingerprint density at radius 3 is 2.54 bits per heavy atom. The summed E-state index contributed by atoms with van der Waals surface area (Å²) in [5.41, 5.74) is -2.22. The van der Waals surface area contributed by atoms with E-state index in [1.54, 1.807) is 0 Å². The van der Waals surface area contributed by atoms with E-state index in [9.17, 15) is 9.90 Å². The molecule has 0 aromatic rings. The van der Waals surface area contributed by atoms with Crippen molar-refractivity contribution in [2.45, 2.75) is 95.5 Å². The minimum Gasteiger partial charge on any atom is -0.454 e. The summed E-state index contributed by atoms with van der Waals surface area (Å²) < 4.78 is 12.1. The van der Waals surface area contributed by atoms with Gasteiger partial charge in [-0.05, 0) is 55.8 Å². The van der Waals surface area contributed by atoms with Crippen LogP contribution in [0.5, 0.6) is 0 Å². The lowest BCUT2D eigenvalue weighted by molar-refractivity contribution is -0.353. The summed E-state index contributed by atoms with van der Waals surface area (Å²) in [4.78, 5) is 12.9. The Hall–Kier alpha value is -0.610. The topological polar surface area (TPSA) is 59.1 Å². The molecular formula is C20H30O4. The van der Waals surface area contributed by atoms with Crippen molar-refractivity contribution in [2.24, 2.45) is 22.7 Å². The maximum atomic E-state index is 12.9. The summed E-state index contributed by atoms with van der Waals surface area (Å²) in [7, 11) is 0. The molecule has 5 fully saturated rings. The van der Waals surface area contributed by atoms with Crippen molar-refractivity contribution in [1.29, 1.82) is 0 Å². The van der Waals surface area contributed by atoms with Crippen LogP contribution < -0.4 is 0 Å². The molecule has 1 N–H and O–H groups in total. The van der Waals surface area contributed by atoms with E-state index in [0.717, 1.165) is 38.5 Å². The number of fused-ring (bicyclic) bond motifs is 2. The van der Waals surface area contributed by atoms with Crippen LogP contribution in [0.4, 0.5) is 0 Å². The molecule has 3 aliphatic carbocycles. The highest BCUT2D eigenvalue weighted by Crippen LogP contribution is 2.76. The van der Waals surface area contributed by atoms with Crippen LogP contribution in [0.15, 0.2) is 0 Å². The Morgan fingerprint density at radius 2 is 1.88 bits per heavy atom. The van der Waals surface area contributed by atoms with Gasteiger partial charge in [0.2, 0.25) is 0 Å². The van der Waals surface area contributed by atoms with Gasteiger partial charge >= 0.3 is 5.97 Å². The second-order valence-electron chi connectivity index (χ2n) is 10.2. The van der Waals surface area contributed by atoms with Crippen molar-refractivity contribution >= 4 is 5.97 Å². The summed E-state index contributed by atoms with van der Waals surface area (Å²) in [5, 5.41) is 11.8. The highest BCUT2D eigenvalue weighted by molar-refractivity contribution is 5.87. The molecule has 0 unspecified atom stereocenters. The third kappa shape index (κ3) is 1.31. The van der Waals surface area contributed by atoms with Gasteiger partial charge in [0.05, 0.1) is 0 Å². The zero-order valence-electron chi connectivity index (χ0n) is 15.4. The van der Waals surface area contributed by atoms with Crippen LogP contribution in [0.2, 0.25) is 0 Å². The van der Waals surface area contributed by atoms with Gasteiger partial charge in [-0.25, -0.2) is 0 Å². The molecule has 2 heterocycles. The largest absolute Gasteiger partial charge is 0.454 e. The van der Waals surface area contributed by atoms with Crippen LogP contribution >= 0.6 is 0 Å². The smallest absolute Gasteiger partial charge is 0.317 e. The van der Waals surface area contributed by atoms with Gasteiger partial charge in [0.25, 0.3) is 0 Å². The zero-order valence-corrected chi connectivity index (χ0v) is 15.4. The highest BCUT2D eigenvalue weighted by atomic mass is 16.6. The molecule has 4 heteroatoms. The van der Waals surface area contributed by atoms with Crippen molar-refractivity contribution in [1.82, 2.24) is 0 Å². The molecule has 2 spiro atoms. The first-order chi connectivity index (χ1) is 11.2. The average Bonchev–Trinajstić information content (AvgIpc) is 3.25. The number of aliphatic hydroxyl groups is 1. The molecule has 0 radical (unpaired) electrons. The molecule has 2 saturated heterocycles. The van der Waals surface area contributed by atoms with Crippen molar-refractivity contribution < 1.29 is 19.4 Å². The third-order valence-electron chi connectivity index (χ3n) is 8.80. The van der Waals surface area contributed by atoms with Crippen LogP contribution in [0, 0.1) is 22.7 Å². The Kier molecular flexibility index (Phi) is 2.63. The van der Waals surface area contributed by atoms with Gasteiger partial charge in [0, 0.05) is 0 Å². The minimum absolute atomic E-state index is 0.0453. The minimum atomic E-state index is -0.993. The number of ether oxygens (including phenoxy) is 2. The van der Waals surface area contributed by atoms with Crippen LogP contribution in [-0.2, 0) is 14.3 Å². The predicted octanol–water partition coefficient (Wildman–Crippen LogP) is 3.21. The van der Waals surface area contributed by atoms with Crippen molar-refractivity contribution in [3.63, 3.8) is 0 Å². The standard InChI is InChI=1S/C20H30O4/c1-12(2)18-10-11-20-17(15(21)24-20)8-5-7-16(3,4)13(17)6-9-19(20,22)14(18)23-18/h12-14,22H,5-11H2,1-4H3/t13-,14-,17-,18+,19-,20+/m0/s1. The van der Waals surface area contributed by atoms with Gasteiger partial charge in [-0.1, -0.05) is 34.1 Å². The maximum absolute atomic E-state index is 12.9. The molecule has 6 atom stereocenters. The average molecular weight is 334 g/mol. The number of epoxide rings is 1. The molecule has 0 bridgehead atoms. The summed E-state index contributed by atoms with van der Waals surface area (Å²) in [6, 6.07) is 0. The van der Waals surface area contributed by atoms with Crippen LogP contribution in [0.1, 0.15) is 72.6 Å². The molecule has 0 amide bonds. The first-order valence-electron chi connectivity index (χ1n) is 9.80. The van der Waals surface area contributed by atoms with E-state index in [4.69, 9.17) is 9.47 Å². The molecule has 5 aliphatic rings. The van der Waals surface area contributed by atoms with E-state index < -0.39 is 16.6 Å². The van der Waals surface area contributed by atoms with Gasteiger partial charge in [0.1, 0.15) is 22.7 Å². The monoisotopic (exact) mass is 334 g/mol. The maximum Gasteiger partial charge on any atom is 0.317 e. The predicted molar refractivity (Wildman–Crippen MR) is 88.2 cm³/mol. The van der Waals surface area contributed by atoms with Crippen molar-refractivity contribution in [3.05, 3.63) is 0 Å². The summed E-state index contributed by atoms with van der Waals surface area (Å²) >= 11 is 0. The van der Waals surface area contributed by atoms with Crippen LogP contribution in [0.3, 0.4) is 0 Å². The van der Waals surface area contributed by atoms with E-state index in [2.05, 4.69) is 27.7 Å². The number of hydrogen-bond acceptors (Lipinski definition) is 4. The van der Waals surface area contributed by atoms with Gasteiger partial charge in [-0.3, -0.25) is 4.79 Å². The van der Waals surface area contributed by atoms with Crippen LogP contribution in [0.25, 0.3) is 0 Å². The van der Waals surface area contributed by atoms with Crippen LogP contribution in [-0.4, -0.2) is 34.0 Å². The molecule has 0 aromatic carbocycles. The number of hydrogen-bond donors (Lipinski definition) is 1. The Morgan fingerprint density at radius 1 is 1.12 bits per heavy atom. The lowest BCUT2D eigenvalue weighted by Crippen LogP contribution is -2.85. The van der Waals surface area contributed by atoms with Crippen molar-refractivity contribution in [2.75, 3.05) is 0 Å².